The van der Waals surface area contributed by atoms with Gasteiger partial charge in [-0.25, -0.2) is 0 Å². The van der Waals surface area contributed by atoms with E-state index in [0.29, 0.717) is 6.04 Å². The summed E-state index contributed by atoms with van der Waals surface area (Å²) >= 11 is 0. The molecule has 1 aromatic rings. The number of aromatic nitrogens is 2. The van der Waals surface area contributed by atoms with Gasteiger partial charge in [0.25, 0.3) is 0 Å². The molecule has 0 saturated carbocycles. The fourth-order valence-electron chi connectivity index (χ4n) is 2.35. The second kappa shape index (κ2) is 6.67. The van der Waals surface area contributed by atoms with Crippen molar-refractivity contribution in [1.82, 2.24) is 20.4 Å². The van der Waals surface area contributed by atoms with Gasteiger partial charge in [-0.05, 0) is 51.0 Å². The number of rotatable bonds is 5. The minimum absolute atomic E-state index is 0.644. The van der Waals surface area contributed by atoms with Crippen molar-refractivity contribution in [3.63, 3.8) is 0 Å². The first-order chi connectivity index (χ1) is 8.38. The molecule has 17 heavy (non-hydrogen) atoms. The Balaban J connectivity index is 1.68. The Morgan fingerprint density at radius 2 is 2.24 bits per heavy atom. The van der Waals surface area contributed by atoms with Gasteiger partial charge in [0.05, 0.1) is 5.69 Å². The van der Waals surface area contributed by atoms with Gasteiger partial charge in [0, 0.05) is 18.8 Å². The van der Waals surface area contributed by atoms with Gasteiger partial charge in [-0.2, -0.15) is 10.2 Å². The normalized spacial score (nSPS) is 18.4. The predicted molar refractivity (Wildman–Crippen MR) is 68.6 cm³/mol. The molecule has 0 aliphatic carbocycles. The van der Waals surface area contributed by atoms with E-state index >= 15 is 0 Å². The van der Waals surface area contributed by atoms with E-state index in [1.165, 1.54) is 38.9 Å². The Hall–Kier alpha value is -1.00. The van der Waals surface area contributed by atoms with Crippen LogP contribution in [-0.4, -0.2) is 40.8 Å². The molecule has 0 spiro atoms. The fourth-order valence-corrected chi connectivity index (χ4v) is 2.35. The van der Waals surface area contributed by atoms with Crippen LogP contribution in [0.5, 0.6) is 0 Å². The molecular formula is C13H22N4. The molecule has 2 rings (SSSR count). The zero-order valence-corrected chi connectivity index (χ0v) is 10.6. The number of nitrogens with one attached hydrogen (secondary N) is 1. The van der Waals surface area contributed by atoms with Crippen molar-refractivity contribution >= 4 is 0 Å². The lowest BCUT2D eigenvalue weighted by atomic mass is 10.0. The minimum Gasteiger partial charge on any atom is -0.308 e. The molecule has 0 radical (unpaired) electrons. The summed E-state index contributed by atoms with van der Waals surface area (Å²) in [5, 5.41) is 11.5. The molecule has 1 aliphatic rings. The average molecular weight is 234 g/mol. The number of piperidine rings is 1. The first-order valence-electron chi connectivity index (χ1n) is 6.61. The molecule has 0 unspecified atom stereocenters. The Morgan fingerprint density at radius 3 is 2.88 bits per heavy atom. The van der Waals surface area contributed by atoms with Gasteiger partial charge in [0.1, 0.15) is 0 Å². The predicted octanol–water partition coefficient (Wildman–Crippen LogP) is 1.44. The summed E-state index contributed by atoms with van der Waals surface area (Å²) in [7, 11) is 0. The number of likely N-dealkylation sites (tertiary alicyclic amines) is 1. The van der Waals surface area contributed by atoms with Crippen molar-refractivity contribution in [3.05, 3.63) is 24.0 Å². The van der Waals surface area contributed by atoms with Crippen molar-refractivity contribution < 1.29 is 0 Å². The maximum absolute atomic E-state index is 4.08. The van der Waals surface area contributed by atoms with Crippen LogP contribution in [0.15, 0.2) is 18.3 Å². The Morgan fingerprint density at radius 1 is 1.41 bits per heavy atom. The Bertz CT molecular complexity index is 306. The lowest BCUT2D eigenvalue weighted by molar-refractivity contribution is 0.197. The van der Waals surface area contributed by atoms with Crippen LogP contribution in [0, 0.1) is 0 Å². The molecule has 0 amide bonds. The number of hydrogen-bond donors (Lipinski definition) is 1. The summed E-state index contributed by atoms with van der Waals surface area (Å²) in [6.07, 6.45) is 5.48. The SMILES string of the molecule is CCCN1CCC(NCc2cccnn2)CC1. The van der Waals surface area contributed by atoms with Gasteiger partial charge in [-0.1, -0.05) is 6.92 Å². The van der Waals surface area contributed by atoms with E-state index in [9.17, 15) is 0 Å². The third kappa shape index (κ3) is 4.06. The molecule has 94 valence electrons. The number of nitrogens with zero attached hydrogens (tertiary/aromatic N) is 3. The van der Waals surface area contributed by atoms with Crippen molar-refractivity contribution in [1.29, 1.82) is 0 Å². The molecule has 4 nitrogen and oxygen atoms in total. The van der Waals surface area contributed by atoms with E-state index in [4.69, 9.17) is 0 Å². The van der Waals surface area contributed by atoms with E-state index in [2.05, 4.69) is 27.3 Å². The second-order valence-corrected chi connectivity index (χ2v) is 4.71. The summed E-state index contributed by atoms with van der Waals surface area (Å²) in [5.74, 6) is 0. The van der Waals surface area contributed by atoms with E-state index in [0.717, 1.165) is 12.2 Å². The summed E-state index contributed by atoms with van der Waals surface area (Å²) in [4.78, 5) is 2.56. The molecule has 1 saturated heterocycles. The molecule has 4 heteroatoms. The molecule has 1 fully saturated rings. The highest BCUT2D eigenvalue weighted by molar-refractivity contribution is 4.98. The van der Waals surface area contributed by atoms with E-state index < -0.39 is 0 Å². The summed E-state index contributed by atoms with van der Waals surface area (Å²) in [5.41, 5.74) is 1.03. The maximum atomic E-state index is 4.08. The standard InChI is InChI=1S/C13H22N4/c1-2-8-17-9-5-12(6-10-17)14-11-13-4-3-7-15-16-13/h3-4,7,12,14H,2,5-6,8-11H2,1H3. The molecule has 2 heterocycles. The monoisotopic (exact) mass is 234 g/mol. The van der Waals surface area contributed by atoms with Gasteiger partial charge in [-0.3, -0.25) is 0 Å². The highest BCUT2D eigenvalue weighted by Gasteiger charge is 2.17. The largest absolute Gasteiger partial charge is 0.308 e. The van der Waals surface area contributed by atoms with Crippen LogP contribution in [0.3, 0.4) is 0 Å². The average Bonchev–Trinajstić information content (AvgIpc) is 2.40. The van der Waals surface area contributed by atoms with Crippen LogP contribution in [-0.2, 0) is 6.54 Å². The molecule has 1 N–H and O–H groups in total. The summed E-state index contributed by atoms with van der Waals surface area (Å²) in [6.45, 7) is 6.79. The van der Waals surface area contributed by atoms with Crippen molar-refractivity contribution in [3.8, 4) is 0 Å². The topological polar surface area (TPSA) is 41.0 Å². The van der Waals surface area contributed by atoms with Gasteiger partial charge in [0.2, 0.25) is 0 Å². The van der Waals surface area contributed by atoms with Gasteiger partial charge < -0.3 is 10.2 Å². The van der Waals surface area contributed by atoms with Gasteiger partial charge in [0.15, 0.2) is 0 Å². The van der Waals surface area contributed by atoms with Crippen LogP contribution < -0.4 is 5.32 Å². The van der Waals surface area contributed by atoms with Crippen LogP contribution in [0.4, 0.5) is 0 Å². The molecule has 0 atom stereocenters. The lowest BCUT2D eigenvalue weighted by Gasteiger charge is -2.32. The van der Waals surface area contributed by atoms with Gasteiger partial charge >= 0.3 is 0 Å². The molecule has 0 bridgehead atoms. The lowest BCUT2D eigenvalue weighted by Crippen LogP contribution is -2.42. The molecular weight excluding hydrogens is 212 g/mol. The summed E-state index contributed by atoms with van der Waals surface area (Å²) < 4.78 is 0. The Labute approximate surface area is 103 Å². The zero-order chi connectivity index (χ0) is 11.9. The Kier molecular flexibility index (Phi) is 4.88. The van der Waals surface area contributed by atoms with Crippen molar-refractivity contribution in [2.45, 2.75) is 38.8 Å². The maximum Gasteiger partial charge on any atom is 0.0769 e. The van der Waals surface area contributed by atoms with Crippen molar-refractivity contribution in [2.75, 3.05) is 19.6 Å². The number of hydrogen-bond acceptors (Lipinski definition) is 4. The highest BCUT2D eigenvalue weighted by atomic mass is 15.1. The zero-order valence-electron chi connectivity index (χ0n) is 10.6. The minimum atomic E-state index is 0.644. The fraction of sp³-hybridized carbons (Fsp3) is 0.692. The van der Waals surface area contributed by atoms with E-state index in [1.807, 2.05) is 12.1 Å². The van der Waals surface area contributed by atoms with Crippen LogP contribution in [0.25, 0.3) is 0 Å². The highest BCUT2D eigenvalue weighted by Crippen LogP contribution is 2.10. The molecule has 1 aliphatic heterocycles. The summed E-state index contributed by atoms with van der Waals surface area (Å²) in [6, 6.07) is 4.60. The third-order valence-electron chi connectivity index (χ3n) is 3.33. The first-order valence-corrected chi connectivity index (χ1v) is 6.61. The first kappa shape index (κ1) is 12.5. The van der Waals surface area contributed by atoms with Gasteiger partial charge in [-0.15, -0.1) is 0 Å². The molecule has 0 aromatic carbocycles. The third-order valence-corrected chi connectivity index (χ3v) is 3.33. The van der Waals surface area contributed by atoms with Crippen LogP contribution in [0.2, 0.25) is 0 Å². The van der Waals surface area contributed by atoms with Crippen molar-refractivity contribution in [2.24, 2.45) is 0 Å². The smallest absolute Gasteiger partial charge is 0.0769 e. The van der Waals surface area contributed by atoms with E-state index in [-0.39, 0.29) is 0 Å². The quantitative estimate of drug-likeness (QED) is 0.837. The molecule has 1 aromatic heterocycles. The van der Waals surface area contributed by atoms with Crippen LogP contribution >= 0.6 is 0 Å². The van der Waals surface area contributed by atoms with E-state index in [1.54, 1.807) is 6.20 Å². The second-order valence-electron chi connectivity index (χ2n) is 4.71. The van der Waals surface area contributed by atoms with Crippen LogP contribution in [0.1, 0.15) is 31.9 Å².